The van der Waals surface area contributed by atoms with Crippen molar-refractivity contribution in [3.63, 3.8) is 0 Å². The second-order valence-corrected chi connectivity index (χ2v) is 6.42. The van der Waals surface area contributed by atoms with E-state index in [1.165, 1.54) is 5.56 Å². The molecule has 1 heterocycles. The summed E-state index contributed by atoms with van der Waals surface area (Å²) >= 11 is 0. The molecule has 0 spiro atoms. The largest absolute Gasteiger partial charge is 0.488 e. The summed E-state index contributed by atoms with van der Waals surface area (Å²) in [5.74, 6) is 1.88. The van der Waals surface area contributed by atoms with Crippen molar-refractivity contribution in [3.05, 3.63) is 29.8 Å². The van der Waals surface area contributed by atoms with Gasteiger partial charge in [-0.1, -0.05) is 25.1 Å². The highest BCUT2D eigenvalue weighted by Gasteiger charge is 2.21. The minimum Gasteiger partial charge on any atom is -0.488 e. The highest BCUT2D eigenvalue weighted by molar-refractivity contribution is 14.0. The van der Waals surface area contributed by atoms with Crippen LogP contribution in [-0.4, -0.2) is 55.7 Å². The number of likely N-dealkylation sites (N-methyl/N-ethyl adjacent to an activating group) is 1. The van der Waals surface area contributed by atoms with Gasteiger partial charge in [-0.3, -0.25) is 4.90 Å². The van der Waals surface area contributed by atoms with Crippen molar-refractivity contribution in [2.75, 3.05) is 32.7 Å². The molecule has 0 amide bonds. The van der Waals surface area contributed by atoms with Gasteiger partial charge in [-0.25, -0.2) is 4.99 Å². The van der Waals surface area contributed by atoms with Crippen molar-refractivity contribution >= 4 is 29.9 Å². The van der Waals surface area contributed by atoms with Crippen LogP contribution in [0, 0.1) is 0 Å². The maximum atomic E-state index is 5.96. The topological polar surface area (TPSA) is 48.9 Å². The molecular weight excluding hydrogens is 427 g/mol. The third kappa shape index (κ3) is 7.01. The Hall–Kier alpha value is -1.02. The Labute approximate surface area is 169 Å². The van der Waals surface area contributed by atoms with Crippen LogP contribution in [0.1, 0.15) is 33.3 Å². The van der Waals surface area contributed by atoms with Gasteiger partial charge in [0.25, 0.3) is 0 Å². The summed E-state index contributed by atoms with van der Waals surface area (Å²) < 4.78 is 5.96. The second-order valence-electron chi connectivity index (χ2n) is 6.42. The minimum atomic E-state index is 0. The lowest BCUT2D eigenvalue weighted by molar-refractivity contribution is 0.236. The zero-order valence-electron chi connectivity index (χ0n) is 15.9. The van der Waals surface area contributed by atoms with E-state index in [0.29, 0.717) is 12.6 Å². The summed E-state index contributed by atoms with van der Waals surface area (Å²) in [6.07, 6.45) is 1.08. The first-order valence-electron chi connectivity index (χ1n) is 9.14. The molecule has 1 atom stereocenters. The number of hydrogen-bond donors (Lipinski definition) is 2. The number of nitrogens with zero attached hydrogens (tertiary/aromatic N) is 2. The molecule has 1 aromatic carbocycles. The van der Waals surface area contributed by atoms with Crippen LogP contribution in [0.3, 0.4) is 0 Å². The number of benzene rings is 1. The van der Waals surface area contributed by atoms with E-state index in [2.05, 4.69) is 55.4 Å². The fraction of sp³-hybridized carbons (Fsp3) is 0.632. The molecule has 1 aliphatic rings. The van der Waals surface area contributed by atoms with Gasteiger partial charge >= 0.3 is 0 Å². The Kier molecular flexibility index (Phi) is 10.2. The maximum Gasteiger partial charge on any atom is 0.191 e. The average Bonchev–Trinajstić information content (AvgIpc) is 2.99. The van der Waals surface area contributed by atoms with E-state index in [1.54, 1.807) is 0 Å². The number of rotatable bonds is 8. The standard InChI is InChI=1S/C19H32N4O.HI/c1-5-20-19(21-11-12-23(6-2)15(3)4)22-14-17-13-16-9-7-8-10-18(16)24-17;/h7-10,15,17H,5-6,11-14H2,1-4H3,(H2,20,21,22);1H. The fourth-order valence-electron chi connectivity index (χ4n) is 2.99. The fourth-order valence-corrected chi connectivity index (χ4v) is 2.99. The van der Waals surface area contributed by atoms with Gasteiger partial charge in [0.15, 0.2) is 5.96 Å². The Morgan fingerprint density at radius 2 is 2.04 bits per heavy atom. The van der Waals surface area contributed by atoms with Crippen LogP contribution in [-0.2, 0) is 6.42 Å². The first kappa shape index (κ1) is 22.0. The van der Waals surface area contributed by atoms with Crippen LogP contribution < -0.4 is 15.4 Å². The van der Waals surface area contributed by atoms with Crippen LogP contribution >= 0.6 is 24.0 Å². The van der Waals surface area contributed by atoms with Crippen molar-refractivity contribution in [2.24, 2.45) is 4.99 Å². The van der Waals surface area contributed by atoms with E-state index < -0.39 is 0 Å². The average molecular weight is 460 g/mol. The summed E-state index contributed by atoms with van der Waals surface area (Å²) in [5, 5.41) is 6.74. The second kappa shape index (κ2) is 11.6. The molecule has 25 heavy (non-hydrogen) atoms. The van der Waals surface area contributed by atoms with Crippen LogP contribution in [0.15, 0.2) is 29.3 Å². The Bertz CT molecular complexity index is 511. The van der Waals surface area contributed by atoms with Crippen molar-refractivity contribution in [1.29, 1.82) is 0 Å². The molecule has 0 aliphatic carbocycles. The molecule has 0 saturated carbocycles. The zero-order valence-corrected chi connectivity index (χ0v) is 18.2. The molecular formula is C19H33IN4O. The summed E-state index contributed by atoms with van der Waals surface area (Å²) in [6.45, 7) is 13.3. The van der Waals surface area contributed by atoms with Crippen LogP contribution in [0.4, 0.5) is 0 Å². The third-order valence-corrected chi connectivity index (χ3v) is 4.34. The number of guanidine groups is 1. The van der Waals surface area contributed by atoms with Crippen LogP contribution in [0.5, 0.6) is 5.75 Å². The van der Waals surface area contributed by atoms with Gasteiger partial charge in [-0.05, 0) is 38.9 Å². The summed E-state index contributed by atoms with van der Waals surface area (Å²) in [5.41, 5.74) is 1.28. The summed E-state index contributed by atoms with van der Waals surface area (Å²) in [6, 6.07) is 8.82. The monoisotopic (exact) mass is 460 g/mol. The van der Waals surface area contributed by atoms with Crippen LogP contribution in [0.25, 0.3) is 0 Å². The molecule has 1 unspecified atom stereocenters. The molecule has 0 bridgehead atoms. The van der Waals surface area contributed by atoms with E-state index in [9.17, 15) is 0 Å². The first-order chi connectivity index (χ1) is 11.6. The Morgan fingerprint density at radius 1 is 1.28 bits per heavy atom. The lowest BCUT2D eigenvalue weighted by Gasteiger charge is -2.25. The van der Waals surface area contributed by atoms with Gasteiger partial charge in [-0.2, -0.15) is 0 Å². The molecule has 0 fully saturated rings. The first-order valence-corrected chi connectivity index (χ1v) is 9.14. The maximum absolute atomic E-state index is 5.96. The van der Waals surface area contributed by atoms with Crippen molar-refractivity contribution < 1.29 is 4.74 Å². The highest BCUT2D eigenvalue weighted by atomic mass is 127. The predicted molar refractivity (Wildman–Crippen MR) is 116 cm³/mol. The van der Waals surface area contributed by atoms with E-state index in [4.69, 9.17) is 9.73 Å². The Morgan fingerprint density at radius 3 is 2.68 bits per heavy atom. The molecule has 5 nitrogen and oxygen atoms in total. The lowest BCUT2D eigenvalue weighted by atomic mass is 10.1. The summed E-state index contributed by atoms with van der Waals surface area (Å²) in [4.78, 5) is 7.13. The third-order valence-electron chi connectivity index (χ3n) is 4.34. The molecule has 6 heteroatoms. The van der Waals surface area contributed by atoms with E-state index in [-0.39, 0.29) is 30.1 Å². The molecule has 1 aromatic rings. The van der Waals surface area contributed by atoms with Crippen molar-refractivity contribution in [1.82, 2.24) is 15.5 Å². The van der Waals surface area contributed by atoms with Gasteiger partial charge in [0, 0.05) is 32.1 Å². The predicted octanol–water partition coefficient (Wildman–Crippen LogP) is 2.89. The summed E-state index contributed by atoms with van der Waals surface area (Å²) in [7, 11) is 0. The number of para-hydroxylation sites is 1. The number of aliphatic imine (C=N–C) groups is 1. The van der Waals surface area contributed by atoms with Gasteiger partial charge < -0.3 is 15.4 Å². The van der Waals surface area contributed by atoms with Crippen LogP contribution in [0.2, 0.25) is 0 Å². The van der Waals surface area contributed by atoms with E-state index >= 15 is 0 Å². The quantitative estimate of drug-likeness (QED) is 0.356. The molecule has 0 saturated heterocycles. The molecule has 142 valence electrons. The van der Waals surface area contributed by atoms with E-state index in [0.717, 1.165) is 44.3 Å². The molecule has 0 aromatic heterocycles. The molecule has 1 aliphatic heterocycles. The SMILES string of the molecule is CCNC(=NCC1Cc2ccccc2O1)NCCN(CC)C(C)C.I. The van der Waals surface area contributed by atoms with Gasteiger partial charge in [0.05, 0.1) is 6.54 Å². The molecule has 0 radical (unpaired) electrons. The normalized spacial score (nSPS) is 16.4. The van der Waals surface area contributed by atoms with E-state index in [1.807, 2.05) is 12.1 Å². The van der Waals surface area contributed by atoms with Crippen molar-refractivity contribution in [2.45, 2.75) is 46.3 Å². The van der Waals surface area contributed by atoms with Gasteiger partial charge in [0.1, 0.15) is 11.9 Å². The zero-order chi connectivity index (χ0) is 17.4. The molecule has 2 rings (SSSR count). The van der Waals surface area contributed by atoms with Crippen molar-refractivity contribution in [3.8, 4) is 5.75 Å². The number of fused-ring (bicyclic) bond motifs is 1. The van der Waals surface area contributed by atoms with Gasteiger partial charge in [0.2, 0.25) is 0 Å². The number of halogens is 1. The Balaban J connectivity index is 0.00000312. The number of hydrogen-bond acceptors (Lipinski definition) is 3. The lowest BCUT2D eigenvalue weighted by Crippen LogP contribution is -2.43. The minimum absolute atomic E-state index is 0. The molecule has 2 N–H and O–H groups in total. The number of nitrogens with one attached hydrogen (secondary N) is 2. The number of ether oxygens (including phenoxy) is 1. The highest BCUT2D eigenvalue weighted by Crippen LogP contribution is 2.28. The van der Waals surface area contributed by atoms with Gasteiger partial charge in [-0.15, -0.1) is 24.0 Å². The smallest absolute Gasteiger partial charge is 0.191 e.